The van der Waals surface area contributed by atoms with E-state index in [1.807, 2.05) is 0 Å². The largest absolute Gasteiger partial charge is 0.497 e. The van der Waals surface area contributed by atoms with Gasteiger partial charge < -0.3 is 15.0 Å². The number of nitrogens with zero attached hydrogens (tertiary/aromatic N) is 3. The first-order valence-corrected chi connectivity index (χ1v) is 10.6. The highest BCUT2D eigenvalue weighted by atomic mass is 35.5. The third-order valence-corrected chi connectivity index (χ3v) is 7.55. The first kappa shape index (κ1) is 21.0. The molecule has 0 atom stereocenters. The number of hydrogen-bond donors (Lipinski definition) is 1. The molecule has 0 bridgehead atoms. The lowest BCUT2D eigenvalue weighted by Gasteiger charge is -2.34. The molecule has 10 heteroatoms. The molecule has 1 aliphatic heterocycles. The first-order chi connectivity index (χ1) is 12.9. The quantitative estimate of drug-likeness (QED) is 0.778. The number of piperidine rings is 1. The van der Waals surface area contributed by atoms with Gasteiger partial charge in [-0.25, -0.2) is 8.42 Å². The summed E-state index contributed by atoms with van der Waals surface area (Å²) in [5, 5.41) is 4.06. The number of halogens is 1. The normalized spacial score (nSPS) is 20.2. The summed E-state index contributed by atoms with van der Waals surface area (Å²) in [6.07, 6.45) is 4.14. The first-order valence-electron chi connectivity index (χ1n) is 9.19. The molecule has 0 radical (unpaired) electrons. The SMILES string of the molecule is COc1ccc(S(=O)(=O)N2CCC(c3nc(C4(N)CCC4)no3)CC2)cc1.Cl. The molecule has 1 aliphatic carbocycles. The number of hydrogen-bond acceptors (Lipinski definition) is 7. The molecule has 2 N–H and O–H groups in total. The molecule has 8 nitrogen and oxygen atoms in total. The molecule has 2 heterocycles. The van der Waals surface area contributed by atoms with Gasteiger partial charge in [0.15, 0.2) is 5.82 Å². The zero-order valence-corrected chi connectivity index (χ0v) is 17.3. The van der Waals surface area contributed by atoms with E-state index in [0.717, 1.165) is 19.3 Å². The van der Waals surface area contributed by atoms with Crippen LogP contribution < -0.4 is 10.5 Å². The second-order valence-electron chi connectivity index (χ2n) is 7.32. The van der Waals surface area contributed by atoms with E-state index in [4.69, 9.17) is 15.0 Å². The second kappa shape index (κ2) is 7.98. The summed E-state index contributed by atoms with van der Waals surface area (Å²) >= 11 is 0. The highest BCUT2D eigenvalue weighted by Crippen LogP contribution is 2.38. The Kier molecular flexibility index (Phi) is 6.00. The summed E-state index contributed by atoms with van der Waals surface area (Å²) in [6.45, 7) is 0.842. The molecule has 4 rings (SSSR count). The van der Waals surface area contributed by atoms with E-state index in [2.05, 4.69) is 10.1 Å². The van der Waals surface area contributed by atoms with Crippen LogP contribution in [0.2, 0.25) is 0 Å². The van der Waals surface area contributed by atoms with E-state index in [0.29, 0.717) is 43.4 Å². The van der Waals surface area contributed by atoms with Crippen LogP contribution in [0, 0.1) is 0 Å². The molecular weight excluding hydrogens is 404 g/mol. The van der Waals surface area contributed by atoms with Crippen molar-refractivity contribution < 1.29 is 17.7 Å². The summed E-state index contributed by atoms with van der Waals surface area (Å²) in [6, 6.07) is 6.46. The number of rotatable bonds is 5. The predicted molar refractivity (Wildman–Crippen MR) is 105 cm³/mol. The number of ether oxygens (including phenoxy) is 1. The topological polar surface area (TPSA) is 112 Å². The van der Waals surface area contributed by atoms with Crippen LogP contribution in [0.5, 0.6) is 5.75 Å². The van der Waals surface area contributed by atoms with Gasteiger partial charge in [-0.1, -0.05) is 5.16 Å². The van der Waals surface area contributed by atoms with Crippen LogP contribution in [0.3, 0.4) is 0 Å². The fourth-order valence-corrected chi connectivity index (χ4v) is 5.09. The summed E-state index contributed by atoms with van der Waals surface area (Å²) in [4.78, 5) is 4.78. The van der Waals surface area contributed by atoms with E-state index in [1.165, 1.54) is 4.31 Å². The van der Waals surface area contributed by atoms with E-state index in [-0.39, 0.29) is 23.2 Å². The maximum atomic E-state index is 12.8. The number of nitrogens with two attached hydrogens (primary N) is 1. The summed E-state index contributed by atoms with van der Waals surface area (Å²) in [5.41, 5.74) is 5.81. The highest BCUT2D eigenvalue weighted by molar-refractivity contribution is 7.89. The molecular formula is C18H25ClN4O4S. The van der Waals surface area contributed by atoms with Crippen molar-refractivity contribution in [3.8, 4) is 5.75 Å². The van der Waals surface area contributed by atoms with Crippen LogP contribution in [0.25, 0.3) is 0 Å². The van der Waals surface area contributed by atoms with Gasteiger partial charge >= 0.3 is 0 Å². The summed E-state index contributed by atoms with van der Waals surface area (Å²) in [5.74, 6) is 1.85. The molecule has 1 aromatic carbocycles. The number of benzene rings is 1. The van der Waals surface area contributed by atoms with Gasteiger partial charge in [0.2, 0.25) is 15.9 Å². The third-order valence-electron chi connectivity index (χ3n) is 5.63. The Morgan fingerprint density at radius 1 is 1.21 bits per heavy atom. The van der Waals surface area contributed by atoms with E-state index >= 15 is 0 Å². The van der Waals surface area contributed by atoms with Gasteiger partial charge in [0, 0.05) is 19.0 Å². The highest BCUT2D eigenvalue weighted by Gasteiger charge is 2.40. The van der Waals surface area contributed by atoms with Gasteiger partial charge in [0.25, 0.3) is 0 Å². The lowest BCUT2D eigenvalue weighted by atomic mass is 9.77. The Bertz CT molecular complexity index is 904. The van der Waals surface area contributed by atoms with Crippen LogP contribution in [-0.4, -0.2) is 43.1 Å². The average Bonchev–Trinajstić information content (AvgIpc) is 3.17. The van der Waals surface area contributed by atoms with Crippen LogP contribution >= 0.6 is 12.4 Å². The van der Waals surface area contributed by atoms with Crippen molar-refractivity contribution >= 4 is 22.4 Å². The lowest BCUT2D eigenvalue weighted by Crippen LogP contribution is -2.44. The molecule has 0 unspecified atom stereocenters. The Morgan fingerprint density at radius 2 is 1.86 bits per heavy atom. The standard InChI is InChI=1S/C18H24N4O4S.ClH/c1-25-14-3-5-15(6-4-14)27(23,24)22-11-7-13(8-12-22)16-20-17(21-26-16)18(19)9-2-10-18;/h3-6,13H,2,7-12,19H2,1H3;1H. The van der Waals surface area contributed by atoms with Crippen molar-refractivity contribution in [2.24, 2.45) is 5.73 Å². The molecule has 1 saturated carbocycles. The summed E-state index contributed by atoms with van der Waals surface area (Å²) in [7, 11) is -1.96. The smallest absolute Gasteiger partial charge is 0.243 e. The minimum absolute atomic E-state index is 0. The zero-order valence-electron chi connectivity index (χ0n) is 15.7. The fraction of sp³-hybridized carbons (Fsp3) is 0.556. The van der Waals surface area contributed by atoms with E-state index in [1.54, 1.807) is 31.4 Å². The van der Waals surface area contributed by atoms with Crippen molar-refractivity contribution in [1.29, 1.82) is 0 Å². The molecule has 0 spiro atoms. The predicted octanol–water partition coefficient (Wildman–Crippen LogP) is 2.41. The van der Waals surface area contributed by atoms with E-state index < -0.39 is 15.6 Å². The van der Waals surface area contributed by atoms with Crippen LogP contribution in [-0.2, 0) is 15.6 Å². The van der Waals surface area contributed by atoms with Crippen LogP contribution in [0.1, 0.15) is 49.7 Å². The third kappa shape index (κ3) is 3.76. The Hall–Kier alpha value is -1.68. The van der Waals surface area contributed by atoms with Gasteiger partial charge in [-0.15, -0.1) is 12.4 Å². The van der Waals surface area contributed by atoms with E-state index in [9.17, 15) is 8.42 Å². The fourth-order valence-electron chi connectivity index (χ4n) is 3.62. The van der Waals surface area contributed by atoms with Gasteiger partial charge in [-0.2, -0.15) is 9.29 Å². The van der Waals surface area contributed by atoms with Gasteiger partial charge in [0.05, 0.1) is 17.5 Å². The maximum absolute atomic E-state index is 12.8. The van der Waals surface area contributed by atoms with Gasteiger partial charge in [-0.05, 0) is 56.4 Å². The van der Waals surface area contributed by atoms with Crippen molar-refractivity contribution in [3.63, 3.8) is 0 Å². The molecule has 1 aromatic heterocycles. The van der Waals surface area contributed by atoms with Gasteiger partial charge in [-0.3, -0.25) is 0 Å². The van der Waals surface area contributed by atoms with Gasteiger partial charge in [0.1, 0.15) is 5.75 Å². The van der Waals surface area contributed by atoms with Crippen molar-refractivity contribution in [2.75, 3.05) is 20.2 Å². The molecule has 0 amide bonds. The number of aromatic nitrogens is 2. The monoisotopic (exact) mass is 428 g/mol. The molecule has 28 heavy (non-hydrogen) atoms. The number of methoxy groups -OCH3 is 1. The lowest BCUT2D eigenvalue weighted by molar-refractivity contribution is 0.227. The minimum atomic E-state index is -3.51. The molecule has 2 fully saturated rings. The van der Waals surface area contributed by atoms with Crippen molar-refractivity contribution in [2.45, 2.75) is 48.5 Å². The molecule has 1 saturated heterocycles. The zero-order chi connectivity index (χ0) is 19.1. The molecule has 154 valence electrons. The maximum Gasteiger partial charge on any atom is 0.243 e. The van der Waals surface area contributed by atoms with Crippen molar-refractivity contribution in [1.82, 2.24) is 14.4 Å². The second-order valence-corrected chi connectivity index (χ2v) is 9.26. The number of sulfonamides is 1. The van der Waals surface area contributed by atoms with Crippen LogP contribution in [0.4, 0.5) is 0 Å². The Labute approximate surface area is 170 Å². The molecule has 2 aliphatic rings. The summed E-state index contributed by atoms with van der Waals surface area (Å²) < 4.78 is 37.7. The molecule has 2 aromatic rings. The van der Waals surface area contributed by atoms with Crippen LogP contribution in [0.15, 0.2) is 33.7 Å². The Morgan fingerprint density at radius 3 is 2.39 bits per heavy atom. The van der Waals surface area contributed by atoms with Crippen molar-refractivity contribution in [3.05, 3.63) is 36.0 Å². The minimum Gasteiger partial charge on any atom is -0.497 e. The average molecular weight is 429 g/mol. The Balaban J connectivity index is 0.00000225.